The van der Waals surface area contributed by atoms with Gasteiger partial charge in [0.1, 0.15) is 0 Å². The van der Waals surface area contributed by atoms with Gasteiger partial charge >= 0.3 is 0 Å². The smallest absolute Gasteiger partial charge is 0.00417 e. The zero-order chi connectivity index (χ0) is 10.8. The summed E-state index contributed by atoms with van der Waals surface area (Å²) in [6.07, 6.45) is 9.82. The van der Waals surface area contributed by atoms with E-state index in [0.717, 1.165) is 23.7 Å². The fourth-order valence-electron chi connectivity index (χ4n) is 3.76. The molecule has 1 nitrogen and oxygen atoms in total. The van der Waals surface area contributed by atoms with Crippen molar-refractivity contribution in [3.8, 4) is 0 Å². The molecule has 0 aliphatic heterocycles. The zero-order valence-corrected chi connectivity index (χ0v) is 10.4. The minimum Gasteiger partial charge on any atom is -0.328 e. The van der Waals surface area contributed by atoms with Gasteiger partial charge in [0.05, 0.1) is 0 Å². The van der Waals surface area contributed by atoms with Crippen molar-refractivity contribution in [1.29, 1.82) is 0 Å². The summed E-state index contributed by atoms with van der Waals surface area (Å²) in [6.45, 7) is 4.86. The Morgan fingerprint density at radius 3 is 2.20 bits per heavy atom. The Balaban J connectivity index is 1.90. The molecule has 88 valence electrons. The van der Waals surface area contributed by atoms with Gasteiger partial charge < -0.3 is 5.73 Å². The average molecular weight is 209 g/mol. The van der Waals surface area contributed by atoms with E-state index in [1.54, 1.807) is 0 Å². The molecule has 0 aromatic heterocycles. The Kier molecular flexibility index (Phi) is 3.71. The number of nitrogens with two attached hydrogens (primary N) is 1. The van der Waals surface area contributed by atoms with Gasteiger partial charge in [0.2, 0.25) is 0 Å². The highest BCUT2D eigenvalue weighted by atomic mass is 14.6. The molecule has 3 atom stereocenters. The highest BCUT2D eigenvalue weighted by molar-refractivity contribution is 4.86. The second-order valence-electron chi connectivity index (χ2n) is 6.23. The van der Waals surface area contributed by atoms with Gasteiger partial charge in [-0.2, -0.15) is 0 Å². The number of hydrogen-bond donors (Lipinski definition) is 1. The molecule has 2 N–H and O–H groups in total. The summed E-state index contributed by atoms with van der Waals surface area (Å²) < 4.78 is 0. The predicted octanol–water partition coefficient (Wildman–Crippen LogP) is 3.58. The van der Waals surface area contributed by atoms with Gasteiger partial charge in [-0.25, -0.2) is 0 Å². The lowest BCUT2D eigenvalue weighted by atomic mass is 9.66. The lowest BCUT2D eigenvalue weighted by molar-refractivity contribution is 0.115. The van der Waals surface area contributed by atoms with Crippen molar-refractivity contribution in [2.24, 2.45) is 29.4 Å². The molecule has 0 bridgehead atoms. The molecule has 0 aromatic rings. The Hall–Kier alpha value is -0.0400. The minimum atomic E-state index is 0.505. The largest absolute Gasteiger partial charge is 0.328 e. The van der Waals surface area contributed by atoms with Crippen LogP contribution in [-0.4, -0.2) is 6.04 Å². The van der Waals surface area contributed by atoms with Crippen LogP contribution >= 0.6 is 0 Å². The minimum absolute atomic E-state index is 0.505. The van der Waals surface area contributed by atoms with Crippen LogP contribution in [0.1, 0.15) is 58.8 Å². The fraction of sp³-hybridized carbons (Fsp3) is 1.00. The molecule has 2 rings (SSSR count). The van der Waals surface area contributed by atoms with E-state index < -0.39 is 0 Å². The van der Waals surface area contributed by atoms with Crippen molar-refractivity contribution in [3.05, 3.63) is 0 Å². The highest BCUT2D eigenvalue weighted by Crippen LogP contribution is 2.42. The summed E-state index contributed by atoms with van der Waals surface area (Å²) in [5.41, 5.74) is 6.12. The summed E-state index contributed by atoms with van der Waals surface area (Å²) in [5.74, 6) is 3.86. The quantitative estimate of drug-likeness (QED) is 0.702. The van der Waals surface area contributed by atoms with Crippen molar-refractivity contribution >= 4 is 0 Å². The van der Waals surface area contributed by atoms with Gasteiger partial charge in [-0.15, -0.1) is 0 Å². The van der Waals surface area contributed by atoms with Crippen molar-refractivity contribution in [2.45, 2.75) is 64.8 Å². The van der Waals surface area contributed by atoms with E-state index in [0.29, 0.717) is 6.04 Å². The van der Waals surface area contributed by atoms with Crippen LogP contribution in [0, 0.1) is 23.7 Å². The van der Waals surface area contributed by atoms with Crippen LogP contribution in [0.3, 0.4) is 0 Å². The first-order valence-corrected chi connectivity index (χ1v) is 6.92. The van der Waals surface area contributed by atoms with Gasteiger partial charge in [-0.3, -0.25) is 0 Å². The van der Waals surface area contributed by atoms with Gasteiger partial charge in [-0.1, -0.05) is 26.7 Å². The van der Waals surface area contributed by atoms with Crippen molar-refractivity contribution in [1.82, 2.24) is 0 Å². The second kappa shape index (κ2) is 4.86. The Bertz CT molecular complexity index is 194. The molecule has 0 heterocycles. The van der Waals surface area contributed by atoms with Crippen LogP contribution in [0.4, 0.5) is 0 Å². The predicted molar refractivity (Wildman–Crippen MR) is 65.6 cm³/mol. The Labute approximate surface area is 94.8 Å². The maximum absolute atomic E-state index is 6.12. The third-order valence-electron chi connectivity index (χ3n) is 4.96. The number of hydrogen-bond acceptors (Lipinski definition) is 1. The zero-order valence-electron chi connectivity index (χ0n) is 10.4. The van der Waals surface area contributed by atoms with Gasteiger partial charge in [-0.05, 0) is 55.8 Å². The summed E-state index contributed by atoms with van der Waals surface area (Å²) >= 11 is 0. The van der Waals surface area contributed by atoms with Gasteiger partial charge in [0, 0.05) is 6.04 Å². The van der Waals surface area contributed by atoms with E-state index in [4.69, 9.17) is 5.73 Å². The lowest BCUT2D eigenvalue weighted by Gasteiger charge is -2.40. The maximum atomic E-state index is 6.12. The molecule has 15 heavy (non-hydrogen) atoms. The van der Waals surface area contributed by atoms with Crippen LogP contribution < -0.4 is 5.73 Å². The van der Waals surface area contributed by atoms with E-state index in [9.17, 15) is 0 Å². The molecule has 2 aliphatic rings. The van der Waals surface area contributed by atoms with Crippen LogP contribution in [0.15, 0.2) is 0 Å². The van der Waals surface area contributed by atoms with Crippen LogP contribution in [0.5, 0.6) is 0 Å². The topological polar surface area (TPSA) is 26.0 Å². The molecule has 0 spiro atoms. The van der Waals surface area contributed by atoms with Crippen molar-refractivity contribution in [2.75, 3.05) is 0 Å². The summed E-state index contributed by atoms with van der Waals surface area (Å²) in [4.78, 5) is 0. The van der Waals surface area contributed by atoms with E-state index in [1.165, 1.54) is 44.9 Å². The molecule has 0 amide bonds. The van der Waals surface area contributed by atoms with Crippen LogP contribution in [-0.2, 0) is 0 Å². The summed E-state index contributed by atoms with van der Waals surface area (Å²) in [7, 11) is 0. The normalized spacial score (nSPS) is 47.8. The molecular formula is C14H27N. The SMILES string of the molecule is CC1CCC(C2CC(N)CCC2C)CC1. The molecule has 0 aromatic carbocycles. The highest BCUT2D eigenvalue weighted by Gasteiger charge is 2.33. The standard InChI is InChI=1S/C14H27N/c1-10-3-6-12(7-4-10)14-9-13(15)8-5-11(14)2/h10-14H,3-9,15H2,1-2H3. The molecule has 3 unspecified atom stereocenters. The Morgan fingerprint density at radius 2 is 1.53 bits per heavy atom. The third kappa shape index (κ3) is 2.75. The summed E-state index contributed by atoms with van der Waals surface area (Å²) in [6, 6.07) is 0.505. The molecular weight excluding hydrogens is 182 g/mol. The maximum Gasteiger partial charge on any atom is 0.00417 e. The monoisotopic (exact) mass is 209 g/mol. The molecule has 2 fully saturated rings. The van der Waals surface area contributed by atoms with Crippen LogP contribution in [0.2, 0.25) is 0 Å². The van der Waals surface area contributed by atoms with E-state index in [-0.39, 0.29) is 0 Å². The van der Waals surface area contributed by atoms with Crippen molar-refractivity contribution < 1.29 is 0 Å². The average Bonchev–Trinajstić information content (AvgIpc) is 2.23. The third-order valence-corrected chi connectivity index (χ3v) is 4.96. The van der Waals surface area contributed by atoms with Crippen molar-refractivity contribution in [3.63, 3.8) is 0 Å². The van der Waals surface area contributed by atoms with Gasteiger partial charge in [0.25, 0.3) is 0 Å². The lowest BCUT2D eigenvalue weighted by Crippen LogP contribution is -2.37. The summed E-state index contributed by atoms with van der Waals surface area (Å²) in [5, 5.41) is 0. The molecule has 0 saturated heterocycles. The second-order valence-corrected chi connectivity index (χ2v) is 6.23. The molecule has 2 saturated carbocycles. The molecule has 2 aliphatic carbocycles. The first-order chi connectivity index (χ1) is 7.16. The van der Waals surface area contributed by atoms with Gasteiger partial charge in [0.15, 0.2) is 0 Å². The molecule has 1 heteroatoms. The van der Waals surface area contributed by atoms with E-state index >= 15 is 0 Å². The fourth-order valence-corrected chi connectivity index (χ4v) is 3.76. The van der Waals surface area contributed by atoms with E-state index in [2.05, 4.69) is 13.8 Å². The Morgan fingerprint density at radius 1 is 0.867 bits per heavy atom. The number of rotatable bonds is 1. The first kappa shape index (κ1) is 11.4. The molecule has 0 radical (unpaired) electrons. The van der Waals surface area contributed by atoms with E-state index in [1.807, 2.05) is 0 Å². The van der Waals surface area contributed by atoms with Crippen LogP contribution in [0.25, 0.3) is 0 Å². The first-order valence-electron chi connectivity index (χ1n) is 6.92.